The molecule has 0 fully saturated rings. The number of phenolic OH excluding ortho intramolecular Hbond substituents is 1. The molecule has 0 aliphatic rings. The van der Waals surface area contributed by atoms with Crippen molar-refractivity contribution < 1.29 is 37.8 Å². The minimum absolute atomic E-state index is 0.0407. The number of nitrogens with one attached hydrogen (secondary N) is 1. The van der Waals surface area contributed by atoms with Gasteiger partial charge in [-0.2, -0.15) is 0 Å². The molecule has 1 amide bonds. The minimum atomic E-state index is -1.65. The third-order valence-electron chi connectivity index (χ3n) is 5.48. The molecular formula is C23H21F3N2O5. The number of rotatable bonds is 5. The van der Waals surface area contributed by atoms with Gasteiger partial charge in [0.2, 0.25) is 5.91 Å². The van der Waals surface area contributed by atoms with Crippen LogP contribution in [-0.4, -0.2) is 38.1 Å². The first-order valence-electron chi connectivity index (χ1n) is 9.85. The molecule has 3 aromatic rings. The molecule has 0 aliphatic carbocycles. The fourth-order valence-corrected chi connectivity index (χ4v) is 3.65. The van der Waals surface area contributed by atoms with Gasteiger partial charge in [-0.1, -0.05) is 6.07 Å². The van der Waals surface area contributed by atoms with Crippen molar-refractivity contribution in [1.29, 1.82) is 0 Å². The van der Waals surface area contributed by atoms with E-state index in [4.69, 9.17) is 0 Å². The molecule has 33 heavy (non-hydrogen) atoms. The average molecular weight is 462 g/mol. The summed E-state index contributed by atoms with van der Waals surface area (Å²) < 4.78 is 43.9. The Morgan fingerprint density at radius 1 is 1.12 bits per heavy atom. The Bertz CT molecular complexity index is 1310. The van der Waals surface area contributed by atoms with E-state index >= 15 is 4.39 Å². The molecule has 10 heteroatoms. The predicted molar refractivity (Wildman–Crippen MR) is 113 cm³/mol. The fraction of sp³-hybridized carbons (Fsp3) is 0.261. The van der Waals surface area contributed by atoms with Crippen LogP contribution in [0.15, 0.2) is 30.3 Å². The zero-order chi connectivity index (χ0) is 24.8. The average Bonchev–Trinajstić information content (AvgIpc) is 3.02. The second-order valence-corrected chi connectivity index (χ2v) is 8.21. The molecule has 0 saturated heterocycles. The highest BCUT2D eigenvalue weighted by atomic mass is 19.1. The van der Waals surface area contributed by atoms with Gasteiger partial charge in [-0.05, 0) is 51.5 Å². The van der Waals surface area contributed by atoms with Crippen LogP contribution in [0.25, 0.3) is 10.9 Å². The van der Waals surface area contributed by atoms with E-state index in [1.165, 1.54) is 39.8 Å². The molecule has 1 atom stereocenters. The Morgan fingerprint density at radius 2 is 1.76 bits per heavy atom. The number of benzene rings is 2. The number of hydrogen-bond acceptors (Lipinski definition) is 4. The Morgan fingerprint density at radius 3 is 2.33 bits per heavy atom. The molecule has 0 spiro atoms. The minimum Gasteiger partial charge on any atom is -0.503 e. The summed E-state index contributed by atoms with van der Waals surface area (Å²) in [6.07, 6.45) is 0. The number of aliphatic carboxylic acids is 1. The van der Waals surface area contributed by atoms with Gasteiger partial charge in [-0.15, -0.1) is 0 Å². The Hall–Kier alpha value is -3.82. The van der Waals surface area contributed by atoms with Crippen LogP contribution in [0.3, 0.4) is 0 Å². The number of phenols is 1. The van der Waals surface area contributed by atoms with E-state index < -0.39 is 52.4 Å². The molecule has 3 rings (SSSR count). The zero-order valence-electron chi connectivity index (χ0n) is 18.2. The molecule has 7 nitrogen and oxygen atoms in total. The number of aromatic nitrogens is 1. The molecule has 1 heterocycles. The maximum Gasteiger partial charge on any atom is 0.328 e. The van der Waals surface area contributed by atoms with Crippen molar-refractivity contribution in [3.05, 3.63) is 64.6 Å². The number of carbonyl (C=O) groups is 3. The number of amides is 1. The van der Waals surface area contributed by atoms with Crippen molar-refractivity contribution in [3.63, 3.8) is 0 Å². The molecule has 2 aromatic carbocycles. The van der Waals surface area contributed by atoms with Crippen molar-refractivity contribution in [3.8, 4) is 5.75 Å². The first-order valence-corrected chi connectivity index (χ1v) is 9.85. The van der Waals surface area contributed by atoms with Crippen LogP contribution in [0.2, 0.25) is 0 Å². The van der Waals surface area contributed by atoms with Crippen LogP contribution in [0, 0.1) is 24.4 Å². The van der Waals surface area contributed by atoms with Gasteiger partial charge in [0, 0.05) is 22.7 Å². The molecule has 1 unspecified atom stereocenters. The van der Waals surface area contributed by atoms with Crippen molar-refractivity contribution in [2.24, 2.45) is 0 Å². The van der Waals surface area contributed by atoms with Crippen LogP contribution in [0.4, 0.5) is 13.2 Å². The lowest BCUT2D eigenvalue weighted by molar-refractivity contribution is -0.146. The van der Waals surface area contributed by atoms with Crippen molar-refractivity contribution in [2.75, 3.05) is 0 Å². The number of carboxylic acid groups (broad SMARTS) is 1. The predicted octanol–water partition coefficient (Wildman–Crippen LogP) is 3.84. The summed E-state index contributed by atoms with van der Waals surface area (Å²) in [5.74, 6) is -8.84. The summed E-state index contributed by atoms with van der Waals surface area (Å²) in [4.78, 5) is 37.4. The smallest absolute Gasteiger partial charge is 0.328 e. The maximum atomic E-state index is 15.0. The number of hydrogen-bond donors (Lipinski definition) is 3. The summed E-state index contributed by atoms with van der Waals surface area (Å²) in [5.41, 5.74) is -2.05. The van der Waals surface area contributed by atoms with Crippen molar-refractivity contribution >= 4 is 28.7 Å². The topological polar surface area (TPSA) is 109 Å². The van der Waals surface area contributed by atoms with E-state index in [1.807, 2.05) is 0 Å². The van der Waals surface area contributed by atoms with Crippen molar-refractivity contribution in [1.82, 2.24) is 9.88 Å². The normalized spacial score (nSPS) is 12.6. The van der Waals surface area contributed by atoms with E-state index in [9.17, 15) is 33.4 Å². The Balaban J connectivity index is 2.27. The quantitative estimate of drug-likeness (QED) is 0.534. The number of carboxylic acids is 1. The van der Waals surface area contributed by atoms with E-state index in [-0.39, 0.29) is 27.7 Å². The third-order valence-corrected chi connectivity index (χ3v) is 5.48. The molecule has 0 radical (unpaired) electrons. The molecule has 3 N–H and O–H groups in total. The maximum absolute atomic E-state index is 15.0. The van der Waals surface area contributed by atoms with Crippen LogP contribution < -0.4 is 5.32 Å². The van der Waals surface area contributed by atoms with Crippen LogP contribution in [0.5, 0.6) is 5.75 Å². The van der Waals surface area contributed by atoms with Gasteiger partial charge in [0.15, 0.2) is 17.4 Å². The van der Waals surface area contributed by atoms with Gasteiger partial charge in [-0.25, -0.2) is 18.0 Å². The molecule has 0 bridgehead atoms. The highest BCUT2D eigenvalue weighted by Gasteiger charge is 2.35. The lowest BCUT2D eigenvalue weighted by Gasteiger charge is -2.23. The van der Waals surface area contributed by atoms with Crippen LogP contribution in [-0.2, 0) is 9.59 Å². The fourth-order valence-electron chi connectivity index (χ4n) is 3.65. The highest BCUT2D eigenvalue weighted by molar-refractivity contribution is 6.06. The van der Waals surface area contributed by atoms with Gasteiger partial charge < -0.3 is 15.5 Å². The summed E-state index contributed by atoms with van der Waals surface area (Å²) in [5, 5.41) is 21.1. The Kier molecular flexibility index (Phi) is 5.97. The number of nitrogens with zero attached hydrogens (tertiary/aromatic N) is 1. The second-order valence-electron chi connectivity index (χ2n) is 8.21. The van der Waals surface area contributed by atoms with Gasteiger partial charge in [0.1, 0.15) is 11.4 Å². The van der Waals surface area contributed by atoms with Crippen molar-refractivity contribution in [2.45, 2.75) is 39.2 Å². The van der Waals surface area contributed by atoms with E-state index in [1.54, 1.807) is 0 Å². The number of carbonyl (C=O) groups excluding carboxylic acids is 2. The monoisotopic (exact) mass is 462 g/mol. The van der Waals surface area contributed by atoms with Crippen LogP contribution in [0.1, 0.15) is 48.3 Å². The highest BCUT2D eigenvalue weighted by Crippen LogP contribution is 2.38. The molecule has 0 saturated carbocycles. The van der Waals surface area contributed by atoms with Gasteiger partial charge >= 0.3 is 5.97 Å². The Labute approximate surface area is 186 Å². The summed E-state index contributed by atoms with van der Waals surface area (Å²) in [7, 11) is 0. The van der Waals surface area contributed by atoms with E-state index in [0.29, 0.717) is 0 Å². The second kappa shape index (κ2) is 8.27. The van der Waals surface area contributed by atoms with E-state index in [0.717, 1.165) is 22.8 Å². The molecule has 174 valence electrons. The standard InChI is InChI=1S/C23H21F3N2O5/c1-10(20(30)27-23(3,4)22(32)33)16-11(2)28(21(31)12-6-5-7-13(24)8-12)15-9-14(25)19(29)18(26)17(15)16/h5-10,29H,1-4H3,(H,27,30)(H,32,33). The zero-order valence-corrected chi connectivity index (χ0v) is 18.2. The van der Waals surface area contributed by atoms with Gasteiger partial charge in [-0.3, -0.25) is 14.2 Å². The first kappa shape index (κ1) is 23.8. The summed E-state index contributed by atoms with van der Waals surface area (Å²) >= 11 is 0. The lowest BCUT2D eigenvalue weighted by atomic mass is 9.95. The lowest BCUT2D eigenvalue weighted by Crippen LogP contribution is -2.50. The summed E-state index contributed by atoms with van der Waals surface area (Å²) in [6.45, 7) is 5.25. The number of fused-ring (bicyclic) bond motifs is 1. The van der Waals surface area contributed by atoms with Crippen LogP contribution >= 0.6 is 0 Å². The SMILES string of the molecule is Cc1c(C(C)C(=O)NC(C)(C)C(=O)O)c2c(F)c(O)c(F)cc2n1C(=O)c1cccc(F)c1. The largest absolute Gasteiger partial charge is 0.503 e. The van der Waals surface area contributed by atoms with Gasteiger partial charge in [0.25, 0.3) is 5.91 Å². The van der Waals surface area contributed by atoms with Gasteiger partial charge in [0.05, 0.1) is 11.4 Å². The van der Waals surface area contributed by atoms with E-state index in [2.05, 4.69) is 5.32 Å². The molecule has 1 aromatic heterocycles. The number of halogens is 3. The molecule has 0 aliphatic heterocycles. The summed E-state index contributed by atoms with van der Waals surface area (Å²) in [6, 6.07) is 5.42. The molecular weight excluding hydrogens is 441 g/mol. The number of aromatic hydroxyl groups is 1. The third kappa shape index (κ3) is 4.04. The first-order chi connectivity index (χ1) is 15.3.